The SMILES string of the molecule is Fc1cncc(CNc2cccc3ccccc23)c1. The summed E-state index contributed by atoms with van der Waals surface area (Å²) in [7, 11) is 0. The maximum Gasteiger partial charge on any atom is 0.141 e. The zero-order valence-electron chi connectivity index (χ0n) is 10.3. The maximum atomic E-state index is 13.1. The average Bonchev–Trinajstić information content (AvgIpc) is 2.45. The minimum atomic E-state index is -0.308. The van der Waals surface area contributed by atoms with Gasteiger partial charge in [-0.15, -0.1) is 0 Å². The van der Waals surface area contributed by atoms with Crippen molar-refractivity contribution in [1.82, 2.24) is 4.98 Å². The molecule has 0 fully saturated rings. The maximum absolute atomic E-state index is 13.1. The Morgan fingerprint density at radius 2 is 1.84 bits per heavy atom. The molecule has 2 aromatic carbocycles. The Morgan fingerprint density at radius 1 is 1.00 bits per heavy atom. The molecule has 3 rings (SSSR count). The van der Waals surface area contributed by atoms with E-state index in [0.29, 0.717) is 6.54 Å². The van der Waals surface area contributed by atoms with E-state index in [1.807, 2.05) is 24.3 Å². The molecule has 0 unspecified atom stereocenters. The van der Waals surface area contributed by atoms with Gasteiger partial charge in [0.1, 0.15) is 5.82 Å². The molecule has 0 saturated heterocycles. The van der Waals surface area contributed by atoms with E-state index in [-0.39, 0.29) is 5.82 Å². The van der Waals surface area contributed by atoms with Gasteiger partial charge in [0.2, 0.25) is 0 Å². The summed E-state index contributed by atoms with van der Waals surface area (Å²) in [5.41, 5.74) is 1.87. The summed E-state index contributed by atoms with van der Waals surface area (Å²) in [4.78, 5) is 3.84. The molecule has 1 aromatic heterocycles. The molecule has 0 aliphatic rings. The first kappa shape index (κ1) is 11.7. The van der Waals surface area contributed by atoms with Gasteiger partial charge in [-0.2, -0.15) is 0 Å². The van der Waals surface area contributed by atoms with Gasteiger partial charge in [0.15, 0.2) is 0 Å². The predicted molar refractivity (Wildman–Crippen MR) is 75.5 cm³/mol. The van der Waals surface area contributed by atoms with E-state index in [1.165, 1.54) is 17.6 Å². The highest BCUT2D eigenvalue weighted by Gasteiger charge is 2.00. The summed E-state index contributed by atoms with van der Waals surface area (Å²) in [5, 5.41) is 5.67. The van der Waals surface area contributed by atoms with Crippen LogP contribution in [-0.2, 0) is 6.54 Å². The van der Waals surface area contributed by atoms with Crippen LogP contribution < -0.4 is 5.32 Å². The van der Waals surface area contributed by atoms with Crippen LogP contribution in [0.25, 0.3) is 10.8 Å². The smallest absolute Gasteiger partial charge is 0.141 e. The first-order chi connectivity index (χ1) is 9.33. The van der Waals surface area contributed by atoms with Crippen molar-refractivity contribution in [2.24, 2.45) is 0 Å². The number of nitrogens with one attached hydrogen (secondary N) is 1. The molecule has 0 atom stereocenters. The van der Waals surface area contributed by atoms with Crippen molar-refractivity contribution in [3.05, 3.63) is 72.3 Å². The molecule has 19 heavy (non-hydrogen) atoms. The van der Waals surface area contributed by atoms with Crippen LogP contribution >= 0.6 is 0 Å². The molecule has 3 heteroatoms. The number of hydrogen-bond donors (Lipinski definition) is 1. The van der Waals surface area contributed by atoms with Gasteiger partial charge in [-0.25, -0.2) is 4.39 Å². The van der Waals surface area contributed by atoms with E-state index in [2.05, 4.69) is 28.5 Å². The van der Waals surface area contributed by atoms with Crippen LogP contribution in [0.2, 0.25) is 0 Å². The Morgan fingerprint density at radius 3 is 2.74 bits per heavy atom. The Labute approximate surface area is 110 Å². The van der Waals surface area contributed by atoms with Gasteiger partial charge >= 0.3 is 0 Å². The number of hydrogen-bond acceptors (Lipinski definition) is 2. The molecule has 0 aliphatic heterocycles. The Bertz CT molecular complexity index is 704. The van der Waals surface area contributed by atoms with Crippen LogP contribution in [0.3, 0.4) is 0 Å². The summed E-state index contributed by atoms with van der Waals surface area (Å²) in [5.74, 6) is -0.308. The van der Waals surface area contributed by atoms with E-state index in [9.17, 15) is 4.39 Å². The third-order valence-corrected chi connectivity index (χ3v) is 3.03. The van der Waals surface area contributed by atoms with Crippen LogP contribution in [0.4, 0.5) is 10.1 Å². The highest BCUT2D eigenvalue weighted by Crippen LogP contribution is 2.23. The molecule has 0 amide bonds. The molecular weight excluding hydrogens is 239 g/mol. The molecule has 1 heterocycles. The zero-order valence-corrected chi connectivity index (χ0v) is 10.3. The average molecular weight is 252 g/mol. The van der Waals surface area contributed by atoms with Gasteiger partial charge in [-0.1, -0.05) is 36.4 Å². The minimum absolute atomic E-state index is 0.308. The van der Waals surface area contributed by atoms with Crippen LogP contribution in [0.1, 0.15) is 5.56 Å². The topological polar surface area (TPSA) is 24.9 Å². The van der Waals surface area contributed by atoms with Crippen molar-refractivity contribution >= 4 is 16.5 Å². The van der Waals surface area contributed by atoms with E-state index < -0.39 is 0 Å². The third-order valence-electron chi connectivity index (χ3n) is 3.03. The molecular formula is C16H13FN2. The lowest BCUT2D eigenvalue weighted by Gasteiger charge is -2.09. The molecule has 2 nitrogen and oxygen atoms in total. The number of pyridine rings is 1. The molecule has 0 bridgehead atoms. The summed E-state index contributed by atoms with van der Waals surface area (Å²) in [6, 6.07) is 15.8. The molecule has 94 valence electrons. The van der Waals surface area contributed by atoms with Crippen molar-refractivity contribution in [3.63, 3.8) is 0 Å². The summed E-state index contributed by atoms with van der Waals surface area (Å²) in [6.45, 7) is 0.554. The molecule has 0 saturated carbocycles. The van der Waals surface area contributed by atoms with Gasteiger partial charge in [0.05, 0.1) is 6.20 Å². The normalized spacial score (nSPS) is 10.6. The fourth-order valence-electron chi connectivity index (χ4n) is 2.13. The molecule has 3 aromatic rings. The fourth-order valence-corrected chi connectivity index (χ4v) is 2.13. The summed E-state index contributed by atoms with van der Waals surface area (Å²) in [6.07, 6.45) is 2.88. The second-order valence-corrected chi connectivity index (χ2v) is 4.39. The fraction of sp³-hybridized carbons (Fsp3) is 0.0625. The zero-order chi connectivity index (χ0) is 13.1. The first-order valence-electron chi connectivity index (χ1n) is 6.14. The van der Waals surface area contributed by atoms with Crippen molar-refractivity contribution < 1.29 is 4.39 Å². The molecule has 0 spiro atoms. The number of nitrogens with zero attached hydrogens (tertiary/aromatic N) is 1. The summed E-state index contributed by atoms with van der Waals surface area (Å²) >= 11 is 0. The van der Waals surface area contributed by atoms with Crippen LogP contribution in [-0.4, -0.2) is 4.98 Å². The van der Waals surface area contributed by atoms with E-state index >= 15 is 0 Å². The lowest BCUT2D eigenvalue weighted by Crippen LogP contribution is -2.00. The standard InChI is InChI=1S/C16H13FN2/c17-14-8-12(9-18-11-14)10-19-16-7-3-5-13-4-1-2-6-15(13)16/h1-9,11,19H,10H2. The second-order valence-electron chi connectivity index (χ2n) is 4.39. The Kier molecular flexibility index (Phi) is 3.11. The number of aromatic nitrogens is 1. The number of fused-ring (bicyclic) bond motifs is 1. The number of halogens is 1. The van der Waals surface area contributed by atoms with Crippen molar-refractivity contribution in [2.45, 2.75) is 6.54 Å². The van der Waals surface area contributed by atoms with Gasteiger partial charge < -0.3 is 5.32 Å². The third kappa shape index (κ3) is 2.55. The second kappa shape index (κ2) is 5.06. The van der Waals surface area contributed by atoms with E-state index in [0.717, 1.165) is 16.6 Å². The van der Waals surface area contributed by atoms with Crippen molar-refractivity contribution in [3.8, 4) is 0 Å². The highest BCUT2D eigenvalue weighted by molar-refractivity contribution is 5.93. The van der Waals surface area contributed by atoms with Crippen LogP contribution in [0, 0.1) is 5.82 Å². The first-order valence-corrected chi connectivity index (χ1v) is 6.14. The summed E-state index contributed by atoms with van der Waals surface area (Å²) < 4.78 is 13.1. The van der Waals surface area contributed by atoms with E-state index in [1.54, 1.807) is 6.20 Å². The largest absolute Gasteiger partial charge is 0.380 e. The lowest BCUT2D eigenvalue weighted by atomic mass is 10.1. The van der Waals surface area contributed by atoms with Crippen LogP contribution in [0.5, 0.6) is 0 Å². The lowest BCUT2D eigenvalue weighted by molar-refractivity contribution is 0.619. The van der Waals surface area contributed by atoms with Crippen molar-refractivity contribution in [1.29, 1.82) is 0 Å². The molecule has 0 aliphatic carbocycles. The van der Waals surface area contributed by atoms with Gasteiger partial charge in [-0.05, 0) is 23.1 Å². The minimum Gasteiger partial charge on any atom is -0.380 e. The quantitative estimate of drug-likeness (QED) is 0.762. The number of anilines is 1. The Hall–Kier alpha value is -2.42. The van der Waals surface area contributed by atoms with Gasteiger partial charge in [-0.3, -0.25) is 4.98 Å². The highest BCUT2D eigenvalue weighted by atomic mass is 19.1. The number of benzene rings is 2. The molecule has 1 N–H and O–H groups in total. The van der Waals surface area contributed by atoms with Crippen LogP contribution in [0.15, 0.2) is 60.9 Å². The predicted octanol–water partition coefficient (Wildman–Crippen LogP) is 3.99. The van der Waals surface area contributed by atoms with Crippen molar-refractivity contribution in [2.75, 3.05) is 5.32 Å². The monoisotopic (exact) mass is 252 g/mol. The Balaban J connectivity index is 1.86. The number of rotatable bonds is 3. The van der Waals surface area contributed by atoms with E-state index in [4.69, 9.17) is 0 Å². The van der Waals surface area contributed by atoms with Gasteiger partial charge in [0.25, 0.3) is 0 Å². The molecule has 0 radical (unpaired) electrons. The van der Waals surface area contributed by atoms with Gasteiger partial charge in [0, 0.05) is 23.8 Å².